The molecule has 0 aromatic heterocycles. The van der Waals surface area contributed by atoms with Crippen molar-refractivity contribution < 1.29 is 32.6 Å². The molecule has 1 aromatic rings. The van der Waals surface area contributed by atoms with Gasteiger partial charge in [-0.3, -0.25) is 9.59 Å². The summed E-state index contributed by atoms with van der Waals surface area (Å²) in [5.41, 5.74) is -3.32. The van der Waals surface area contributed by atoms with Gasteiger partial charge in [0, 0.05) is 19.0 Å². The Morgan fingerprint density at radius 3 is 2.30 bits per heavy atom. The molecule has 1 aliphatic carbocycles. The summed E-state index contributed by atoms with van der Waals surface area (Å²) in [6, 6.07) is 4.62. The minimum atomic E-state index is -4.81. The van der Waals surface area contributed by atoms with Gasteiger partial charge in [-0.1, -0.05) is 12.1 Å². The molecule has 1 N–H and O–H groups in total. The van der Waals surface area contributed by atoms with Crippen molar-refractivity contribution in [2.75, 3.05) is 13.1 Å². The van der Waals surface area contributed by atoms with Crippen LogP contribution in [-0.4, -0.2) is 41.1 Å². The first kappa shape index (κ1) is 19.7. The minimum absolute atomic E-state index is 0.0891. The van der Waals surface area contributed by atoms with E-state index in [0.29, 0.717) is 32.9 Å². The number of ether oxygens (including phenoxy) is 1. The van der Waals surface area contributed by atoms with Gasteiger partial charge in [0.25, 0.3) is 0 Å². The summed E-state index contributed by atoms with van der Waals surface area (Å²) >= 11 is 0. The number of carbonyl (C=O) groups is 2. The van der Waals surface area contributed by atoms with E-state index >= 15 is 0 Å². The van der Waals surface area contributed by atoms with Crippen LogP contribution < -0.4 is 4.74 Å². The van der Waals surface area contributed by atoms with Crippen LogP contribution in [0, 0.1) is 11.8 Å². The number of piperidine rings is 1. The van der Waals surface area contributed by atoms with E-state index in [4.69, 9.17) is 4.74 Å². The highest BCUT2D eigenvalue weighted by atomic mass is 19.4. The minimum Gasteiger partial charge on any atom is -0.426 e. The van der Waals surface area contributed by atoms with Gasteiger partial charge < -0.3 is 14.7 Å². The predicted octanol–water partition coefficient (Wildman–Crippen LogP) is 3.01. The van der Waals surface area contributed by atoms with Crippen LogP contribution in [0.5, 0.6) is 5.75 Å². The number of rotatable bonds is 4. The smallest absolute Gasteiger partial charge is 0.421 e. The fourth-order valence-corrected chi connectivity index (χ4v) is 3.17. The predicted molar refractivity (Wildman–Crippen MR) is 89.7 cm³/mol. The average Bonchev–Trinajstić information content (AvgIpc) is 3.46. The fraction of sp³-hybridized carbons (Fsp3) is 0.579. The van der Waals surface area contributed by atoms with Gasteiger partial charge in [0.05, 0.1) is 5.92 Å². The topological polar surface area (TPSA) is 66.8 Å². The number of likely N-dealkylation sites (tertiary alicyclic amines) is 1. The number of esters is 1. The van der Waals surface area contributed by atoms with Crippen LogP contribution in [0.2, 0.25) is 0 Å². The van der Waals surface area contributed by atoms with E-state index in [1.807, 2.05) is 0 Å². The quantitative estimate of drug-likeness (QED) is 0.639. The molecular weight excluding hydrogens is 363 g/mol. The third-order valence-electron chi connectivity index (χ3n) is 5.18. The molecule has 148 valence electrons. The Morgan fingerprint density at radius 2 is 1.74 bits per heavy atom. The number of amides is 1. The molecule has 0 bridgehead atoms. The Balaban J connectivity index is 1.61. The molecule has 1 aromatic carbocycles. The second-order valence-corrected chi connectivity index (χ2v) is 7.41. The zero-order valence-corrected chi connectivity index (χ0v) is 15.0. The van der Waals surface area contributed by atoms with E-state index in [1.54, 1.807) is 4.90 Å². The van der Waals surface area contributed by atoms with Crippen molar-refractivity contribution in [2.45, 2.75) is 44.4 Å². The maximum Gasteiger partial charge on any atom is 0.421 e. The highest BCUT2D eigenvalue weighted by Crippen LogP contribution is 2.39. The Morgan fingerprint density at radius 1 is 1.11 bits per heavy atom. The Bertz CT molecular complexity index is 711. The summed E-state index contributed by atoms with van der Waals surface area (Å²) in [6.45, 7) is 1.62. The zero-order valence-electron chi connectivity index (χ0n) is 15.0. The van der Waals surface area contributed by atoms with E-state index in [1.165, 1.54) is 12.1 Å². The van der Waals surface area contributed by atoms with Crippen molar-refractivity contribution in [2.24, 2.45) is 11.8 Å². The molecule has 27 heavy (non-hydrogen) atoms. The van der Waals surface area contributed by atoms with Crippen molar-refractivity contribution in [3.05, 3.63) is 29.8 Å². The average molecular weight is 385 g/mol. The number of aliphatic hydroxyl groups is 1. The van der Waals surface area contributed by atoms with Crippen LogP contribution >= 0.6 is 0 Å². The summed E-state index contributed by atoms with van der Waals surface area (Å²) in [6.07, 6.45) is -1.69. The van der Waals surface area contributed by atoms with E-state index in [2.05, 4.69) is 0 Å². The van der Waals surface area contributed by atoms with Crippen LogP contribution in [0.1, 0.15) is 38.2 Å². The molecule has 1 amide bonds. The number of benzene rings is 1. The van der Waals surface area contributed by atoms with Crippen LogP contribution in [0.3, 0.4) is 0 Å². The molecule has 1 saturated carbocycles. The highest BCUT2D eigenvalue weighted by molar-refractivity contribution is 5.82. The molecule has 3 rings (SSSR count). The number of carbonyl (C=O) groups excluding carboxylic acids is 2. The Kier molecular flexibility index (Phi) is 5.20. The monoisotopic (exact) mass is 385 g/mol. The molecular formula is C19H22F3NO4. The molecule has 2 aliphatic rings. The van der Waals surface area contributed by atoms with Gasteiger partial charge in [-0.2, -0.15) is 13.2 Å². The molecule has 0 spiro atoms. The second kappa shape index (κ2) is 7.14. The molecule has 1 saturated heterocycles. The Hall–Kier alpha value is -2.09. The summed E-state index contributed by atoms with van der Waals surface area (Å²) in [5, 5.41) is 9.66. The number of halogens is 3. The standard InChI is InChI=1S/C19H22F3NO4/c1-18(26,19(20,21)22)14-6-8-15(9-7-14)27-17(25)13-3-2-10-23(11-13)16(24)12-4-5-12/h6-9,12-13,26H,2-5,10-11H2,1H3/t13-,18+/m0/s1. The van der Waals surface area contributed by atoms with Crippen LogP contribution in [0.4, 0.5) is 13.2 Å². The lowest BCUT2D eigenvalue weighted by molar-refractivity contribution is -0.258. The molecule has 1 heterocycles. The van der Waals surface area contributed by atoms with Gasteiger partial charge in [-0.05, 0) is 50.3 Å². The van der Waals surface area contributed by atoms with Gasteiger partial charge in [0.2, 0.25) is 5.91 Å². The lowest BCUT2D eigenvalue weighted by Gasteiger charge is -2.31. The summed E-state index contributed by atoms with van der Waals surface area (Å²) in [5.74, 6) is -0.662. The van der Waals surface area contributed by atoms with Crippen molar-refractivity contribution in [3.8, 4) is 5.75 Å². The number of alkyl halides is 3. The van der Waals surface area contributed by atoms with Crippen molar-refractivity contribution >= 4 is 11.9 Å². The van der Waals surface area contributed by atoms with Gasteiger partial charge in [-0.15, -0.1) is 0 Å². The number of hydrogen-bond acceptors (Lipinski definition) is 4. The number of hydrogen-bond donors (Lipinski definition) is 1. The van der Waals surface area contributed by atoms with Crippen LogP contribution in [-0.2, 0) is 15.2 Å². The number of nitrogens with zero attached hydrogens (tertiary/aromatic N) is 1. The van der Waals surface area contributed by atoms with Gasteiger partial charge >= 0.3 is 12.1 Å². The Labute approximate surface area is 155 Å². The van der Waals surface area contributed by atoms with Gasteiger partial charge in [0.1, 0.15) is 5.75 Å². The molecule has 0 unspecified atom stereocenters. The summed E-state index contributed by atoms with van der Waals surface area (Å²) < 4.78 is 43.9. The maximum atomic E-state index is 12.9. The van der Waals surface area contributed by atoms with Gasteiger partial charge in [0.15, 0.2) is 5.60 Å². The van der Waals surface area contributed by atoms with E-state index in [9.17, 15) is 27.9 Å². The van der Waals surface area contributed by atoms with Crippen molar-refractivity contribution in [1.82, 2.24) is 4.90 Å². The van der Waals surface area contributed by atoms with E-state index in [-0.39, 0.29) is 23.1 Å². The van der Waals surface area contributed by atoms with Gasteiger partial charge in [-0.25, -0.2) is 0 Å². The molecule has 2 atom stereocenters. The lowest BCUT2D eigenvalue weighted by Crippen LogP contribution is -2.44. The lowest BCUT2D eigenvalue weighted by atomic mass is 9.95. The first-order valence-electron chi connectivity index (χ1n) is 8.99. The summed E-state index contributed by atoms with van der Waals surface area (Å²) in [7, 11) is 0. The van der Waals surface area contributed by atoms with Crippen molar-refractivity contribution in [1.29, 1.82) is 0 Å². The molecule has 1 aliphatic heterocycles. The van der Waals surface area contributed by atoms with Crippen LogP contribution in [0.25, 0.3) is 0 Å². The first-order valence-corrected chi connectivity index (χ1v) is 8.99. The highest BCUT2D eigenvalue weighted by Gasteiger charge is 2.51. The fourth-order valence-electron chi connectivity index (χ4n) is 3.17. The zero-order chi connectivity index (χ0) is 19.8. The molecule has 5 nitrogen and oxygen atoms in total. The molecule has 0 radical (unpaired) electrons. The second-order valence-electron chi connectivity index (χ2n) is 7.41. The van der Waals surface area contributed by atoms with Crippen molar-refractivity contribution in [3.63, 3.8) is 0 Å². The molecule has 8 heteroatoms. The van der Waals surface area contributed by atoms with E-state index < -0.39 is 23.7 Å². The normalized spacial score (nSPS) is 22.9. The first-order chi connectivity index (χ1) is 12.6. The third-order valence-corrected chi connectivity index (χ3v) is 5.18. The largest absolute Gasteiger partial charge is 0.426 e. The van der Waals surface area contributed by atoms with Crippen LogP contribution in [0.15, 0.2) is 24.3 Å². The van der Waals surface area contributed by atoms with E-state index in [0.717, 1.165) is 25.0 Å². The summed E-state index contributed by atoms with van der Waals surface area (Å²) in [4.78, 5) is 26.2. The molecule has 2 fully saturated rings. The SMILES string of the molecule is C[C@@](O)(c1ccc(OC(=O)[C@H]2CCCN(C(=O)C3CC3)C2)cc1)C(F)(F)F. The third kappa shape index (κ3) is 4.26. The maximum absolute atomic E-state index is 12.9.